The van der Waals surface area contributed by atoms with Gasteiger partial charge < -0.3 is 22.5 Å². The van der Waals surface area contributed by atoms with Crippen LogP contribution in [0.15, 0.2) is 46.2 Å². The Morgan fingerprint density at radius 2 is 1.86 bits per heavy atom. The van der Waals surface area contributed by atoms with E-state index in [1.54, 1.807) is 18.2 Å². The van der Waals surface area contributed by atoms with Crippen LogP contribution < -0.4 is 32.4 Å². The Labute approximate surface area is 200 Å². The first-order valence-corrected chi connectivity index (χ1v) is 13.0. The van der Waals surface area contributed by atoms with Crippen molar-refractivity contribution in [1.82, 2.24) is 25.3 Å². The van der Waals surface area contributed by atoms with E-state index in [2.05, 4.69) is 30.7 Å². The number of nitrogens with two attached hydrogens (primary N) is 4. The number of aromatic nitrogens is 4. The Morgan fingerprint density at radius 1 is 1.11 bits per heavy atom. The second kappa shape index (κ2) is 10.5. The quantitative estimate of drug-likeness (QED) is 0.147. The minimum atomic E-state index is -4.64. The van der Waals surface area contributed by atoms with Crippen molar-refractivity contribution in [2.45, 2.75) is 15.8 Å². The van der Waals surface area contributed by atoms with Gasteiger partial charge in [-0.05, 0) is 34.5 Å². The van der Waals surface area contributed by atoms with E-state index in [1.165, 1.54) is 12.1 Å². The molecule has 0 spiro atoms. The smallest absolute Gasteiger partial charge is 0.242 e. The van der Waals surface area contributed by atoms with Crippen LogP contribution in [0.1, 0.15) is 0 Å². The summed E-state index contributed by atoms with van der Waals surface area (Å²) in [6.45, 7) is -0.232. The number of amides is 1. The molecule has 0 radical (unpaired) electrons. The average molecular weight is 525 g/mol. The van der Waals surface area contributed by atoms with E-state index in [1.807, 2.05) is 0 Å². The monoisotopic (exact) mass is 524 g/mol. The summed E-state index contributed by atoms with van der Waals surface area (Å²) in [5.74, 6) is -0.750. The molecule has 0 bridgehead atoms. The first-order chi connectivity index (χ1) is 16.5. The molecule has 1 aromatic heterocycles. The first-order valence-electron chi connectivity index (χ1n) is 10.00. The zero-order valence-electron chi connectivity index (χ0n) is 18.2. The van der Waals surface area contributed by atoms with Gasteiger partial charge >= 0.3 is 0 Å². The Balaban J connectivity index is 2.28. The van der Waals surface area contributed by atoms with Gasteiger partial charge in [-0.1, -0.05) is 18.2 Å². The first kappa shape index (κ1) is 26.3. The number of H-pyrrole nitrogens is 1. The number of tetrazole rings is 1. The van der Waals surface area contributed by atoms with Crippen LogP contribution in [0.5, 0.6) is 0 Å². The summed E-state index contributed by atoms with van der Waals surface area (Å²) < 4.78 is 53.3. The van der Waals surface area contributed by atoms with E-state index in [4.69, 9.17) is 22.3 Å². The molecule has 15 nitrogen and oxygen atoms in total. The summed E-state index contributed by atoms with van der Waals surface area (Å²) in [6.07, 6.45) is 0. The fraction of sp³-hybridized carbons (Fsp3) is 0.222. The van der Waals surface area contributed by atoms with Crippen molar-refractivity contribution < 1.29 is 21.6 Å². The molecule has 11 N–H and O–H groups in total. The standard InChI is InChI=1S/C18H24N10O5S2/c19-6-7-23-35(32,33)14-5-4-12(15(16(14)34(22,30)31)17-25-27-28-26-17)10-2-1-3-11(8-10)24-18(29)13(21)9-20/h1-5,8,13,23H,6-7,9,19-21H2,(H,24,29)(H2,22,30,31)(H,25,26,27,28). The summed E-state index contributed by atoms with van der Waals surface area (Å²) in [5.41, 5.74) is 17.1. The van der Waals surface area contributed by atoms with E-state index in [0.29, 0.717) is 11.3 Å². The molecule has 3 rings (SSSR count). The normalized spacial score (nSPS) is 12.9. The third-order valence-corrected chi connectivity index (χ3v) is 7.36. The van der Waals surface area contributed by atoms with Gasteiger partial charge in [-0.15, -0.1) is 10.2 Å². The number of sulfonamides is 2. The lowest BCUT2D eigenvalue weighted by atomic mass is 9.98. The van der Waals surface area contributed by atoms with Gasteiger partial charge in [-0.2, -0.15) is 5.21 Å². The van der Waals surface area contributed by atoms with Crippen molar-refractivity contribution in [2.75, 3.05) is 25.0 Å². The number of carbonyl (C=O) groups is 1. The number of carbonyl (C=O) groups excluding carboxylic acids is 1. The van der Waals surface area contributed by atoms with Gasteiger partial charge in [-0.25, -0.2) is 26.7 Å². The lowest BCUT2D eigenvalue weighted by molar-refractivity contribution is -0.117. The Morgan fingerprint density at radius 3 is 2.46 bits per heavy atom. The van der Waals surface area contributed by atoms with Crippen LogP contribution in [-0.2, 0) is 24.8 Å². The Kier molecular flexibility index (Phi) is 7.90. The largest absolute Gasteiger partial charge is 0.329 e. The van der Waals surface area contributed by atoms with Crippen LogP contribution in [-0.4, -0.2) is 69.0 Å². The fourth-order valence-electron chi connectivity index (χ4n) is 3.17. The number of benzene rings is 2. The maximum absolute atomic E-state index is 12.9. The van der Waals surface area contributed by atoms with Crippen molar-refractivity contribution in [1.29, 1.82) is 0 Å². The molecule has 188 valence electrons. The lowest BCUT2D eigenvalue weighted by Gasteiger charge is -2.17. The van der Waals surface area contributed by atoms with Crippen LogP contribution in [0, 0.1) is 0 Å². The van der Waals surface area contributed by atoms with Gasteiger partial charge in [0.1, 0.15) is 9.79 Å². The van der Waals surface area contributed by atoms with E-state index in [0.717, 1.165) is 6.07 Å². The predicted molar refractivity (Wildman–Crippen MR) is 126 cm³/mol. The molecule has 0 aliphatic rings. The maximum atomic E-state index is 12.9. The summed E-state index contributed by atoms with van der Waals surface area (Å²) in [7, 11) is -8.99. The second-order valence-corrected chi connectivity index (χ2v) is 10.4. The second-order valence-electron chi connectivity index (χ2n) is 7.19. The molecule has 0 fully saturated rings. The molecular formula is C18H24N10O5S2. The number of primary sulfonamides is 1. The molecule has 1 unspecified atom stereocenters. The van der Waals surface area contributed by atoms with E-state index in [9.17, 15) is 21.6 Å². The molecule has 3 aromatic rings. The molecule has 17 heteroatoms. The summed E-state index contributed by atoms with van der Waals surface area (Å²) >= 11 is 0. The molecule has 0 saturated heterocycles. The predicted octanol–water partition coefficient (Wildman–Crippen LogP) is -2.36. The number of rotatable bonds is 10. The lowest BCUT2D eigenvalue weighted by Crippen LogP contribution is -2.41. The molecule has 1 heterocycles. The fourth-order valence-corrected chi connectivity index (χ4v) is 5.81. The zero-order valence-corrected chi connectivity index (χ0v) is 19.8. The highest BCUT2D eigenvalue weighted by atomic mass is 32.2. The van der Waals surface area contributed by atoms with Crippen molar-refractivity contribution in [3.63, 3.8) is 0 Å². The van der Waals surface area contributed by atoms with Crippen molar-refractivity contribution >= 4 is 31.6 Å². The van der Waals surface area contributed by atoms with Crippen LogP contribution in [0.3, 0.4) is 0 Å². The van der Waals surface area contributed by atoms with Gasteiger partial charge in [0, 0.05) is 25.3 Å². The summed E-state index contributed by atoms with van der Waals surface area (Å²) in [4.78, 5) is 10.8. The van der Waals surface area contributed by atoms with Crippen molar-refractivity contribution in [3.8, 4) is 22.5 Å². The molecule has 35 heavy (non-hydrogen) atoms. The molecule has 2 aromatic carbocycles. The molecule has 0 aliphatic carbocycles. The summed E-state index contributed by atoms with van der Waals surface area (Å²) in [6, 6.07) is 7.81. The molecule has 0 aliphatic heterocycles. The third kappa shape index (κ3) is 5.85. The van der Waals surface area contributed by atoms with Crippen LogP contribution in [0.25, 0.3) is 22.5 Å². The van der Waals surface area contributed by atoms with Gasteiger partial charge in [0.25, 0.3) is 0 Å². The average Bonchev–Trinajstić information content (AvgIpc) is 3.35. The van der Waals surface area contributed by atoms with E-state index in [-0.39, 0.29) is 36.6 Å². The molecular weight excluding hydrogens is 500 g/mol. The molecule has 1 amide bonds. The van der Waals surface area contributed by atoms with Gasteiger partial charge in [-0.3, -0.25) is 4.79 Å². The van der Waals surface area contributed by atoms with Gasteiger partial charge in [0.2, 0.25) is 31.8 Å². The minimum Gasteiger partial charge on any atom is -0.329 e. The Bertz CT molecular complexity index is 1430. The molecule has 1 atom stereocenters. The number of aromatic amines is 1. The Hall–Kier alpha value is -3.32. The summed E-state index contributed by atoms with van der Waals surface area (Å²) in [5, 5.41) is 21.4. The number of hydrogen-bond donors (Lipinski definition) is 7. The SMILES string of the molecule is NCCNS(=O)(=O)c1ccc(-c2cccc(NC(=O)C(N)CN)c2)c(-c2nn[nH]n2)c1S(N)(=O)=O. The van der Waals surface area contributed by atoms with Gasteiger partial charge in [0.15, 0.2) is 0 Å². The minimum absolute atomic E-state index is 0.0218. The van der Waals surface area contributed by atoms with Crippen LogP contribution in [0.2, 0.25) is 0 Å². The maximum Gasteiger partial charge on any atom is 0.242 e. The highest BCUT2D eigenvalue weighted by Gasteiger charge is 2.32. The van der Waals surface area contributed by atoms with Crippen LogP contribution in [0.4, 0.5) is 5.69 Å². The molecule has 0 saturated carbocycles. The van der Waals surface area contributed by atoms with Crippen molar-refractivity contribution in [2.24, 2.45) is 22.3 Å². The number of nitrogens with one attached hydrogen (secondary N) is 3. The van der Waals surface area contributed by atoms with Crippen LogP contribution >= 0.6 is 0 Å². The third-order valence-electron chi connectivity index (χ3n) is 4.73. The van der Waals surface area contributed by atoms with Crippen molar-refractivity contribution in [3.05, 3.63) is 36.4 Å². The number of anilines is 1. The number of nitrogens with zero attached hydrogens (tertiary/aromatic N) is 3. The topological polar surface area (TPSA) is 268 Å². The highest BCUT2D eigenvalue weighted by Crippen LogP contribution is 2.39. The number of hydrogen-bond acceptors (Lipinski definition) is 11. The van der Waals surface area contributed by atoms with E-state index < -0.39 is 41.8 Å². The highest BCUT2D eigenvalue weighted by molar-refractivity contribution is 7.92. The van der Waals surface area contributed by atoms with Gasteiger partial charge in [0.05, 0.1) is 11.6 Å². The zero-order chi connectivity index (χ0) is 25.8. The van der Waals surface area contributed by atoms with E-state index >= 15 is 0 Å².